The molecule has 0 spiro atoms. The molecule has 0 saturated heterocycles. The van der Waals surface area contributed by atoms with E-state index in [1.165, 1.54) is 11.3 Å². The predicted octanol–water partition coefficient (Wildman–Crippen LogP) is 1.82. The third-order valence-corrected chi connectivity index (χ3v) is 3.38. The Morgan fingerprint density at radius 1 is 1.47 bits per heavy atom. The second-order valence-electron chi connectivity index (χ2n) is 4.03. The Morgan fingerprint density at radius 3 is 2.94 bits per heavy atom. The van der Waals surface area contributed by atoms with E-state index in [4.69, 9.17) is 4.74 Å². The molecule has 4 nitrogen and oxygen atoms in total. The van der Waals surface area contributed by atoms with Crippen LogP contribution in [0, 0.1) is 5.92 Å². The predicted molar refractivity (Wildman–Crippen MR) is 65.0 cm³/mol. The number of thiophene rings is 1. The second-order valence-corrected chi connectivity index (χ2v) is 4.98. The molecule has 0 unspecified atom stereocenters. The van der Waals surface area contributed by atoms with Crippen molar-refractivity contribution in [2.45, 2.75) is 19.3 Å². The first-order chi connectivity index (χ1) is 8.27. The molecule has 0 bridgehead atoms. The van der Waals surface area contributed by atoms with Crippen molar-refractivity contribution >= 4 is 23.2 Å². The minimum absolute atomic E-state index is 0.0616. The van der Waals surface area contributed by atoms with Crippen molar-refractivity contribution in [2.75, 3.05) is 13.2 Å². The Hall–Kier alpha value is -1.36. The molecule has 1 saturated carbocycles. The van der Waals surface area contributed by atoms with Crippen molar-refractivity contribution in [1.82, 2.24) is 5.32 Å². The highest BCUT2D eigenvalue weighted by Crippen LogP contribution is 2.29. The number of rotatable bonds is 6. The zero-order valence-corrected chi connectivity index (χ0v) is 10.3. The van der Waals surface area contributed by atoms with E-state index in [0.29, 0.717) is 24.4 Å². The molecular formula is C12H15NO3S. The van der Waals surface area contributed by atoms with Gasteiger partial charge in [-0.2, -0.15) is 0 Å². The van der Waals surface area contributed by atoms with Gasteiger partial charge in [-0.3, -0.25) is 9.59 Å². The molecule has 1 aromatic heterocycles. The van der Waals surface area contributed by atoms with E-state index < -0.39 is 0 Å². The Balaban J connectivity index is 1.54. The van der Waals surface area contributed by atoms with Crippen LogP contribution in [0.4, 0.5) is 0 Å². The van der Waals surface area contributed by atoms with Crippen LogP contribution in [0.15, 0.2) is 17.5 Å². The summed E-state index contributed by atoms with van der Waals surface area (Å²) in [7, 11) is 0. The van der Waals surface area contributed by atoms with Crippen molar-refractivity contribution in [2.24, 2.45) is 5.92 Å². The maximum Gasteiger partial charge on any atom is 0.308 e. The van der Waals surface area contributed by atoms with Crippen LogP contribution in [-0.2, 0) is 9.53 Å². The highest BCUT2D eigenvalue weighted by atomic mass is 32.1. The monoisotopic (exact) mass is 253 g/mol. The first-order valence-corrected chi connectivity index (χ1v) is 6.63. The van der Waals surface area contributed by atoms with Gasteiger partial charge in [-0.25, -0.2) is 0 Å². The van der Waals surface area contributed by atoms with Gasteiger partial charge in [-0.05, 0) is 30.7 Å². The highest BCUT2D eigenvalue weighted by molar-refractivity contribution is 7.12. The number of hydrogen-bond acceptors (Lipinski definition) is 4. The molecule has 0 radical (unpaired) electrons. The van der Waals surface area contributed by atoms with Crippen LogP contribution in [0.5, 0.6) is 0 Å². The lowest BCUT2D eigenvalue weighted by Crippen LogP contribution is -2.24. The molecule has 1 fully saturated rings. The summed E-state index contributed by atoms with van der Waals surface area (Å²) in [5, 5.41) is 4.65. The summed E-state index contributed by atoms with van der Waals surface area (Å²) in [5.41, 5.74) is 0. The van der Waals surface area contributed by atoms with E-state index in [2.05, 4.69) is 5.32 Å². The molecule has 0 aliphatic heterocycles. The van der Waals surface area contributed by atoms with Crippen LogP contribution in [0.25, 0.3) is 0 Å². The summed E-state index contributed by atoms with van der Waals surface area (Å²) in [5.74, 6) is -0.00110. The van der Waals surface area contributed by atoms with E-state index in [9.17, 15) is 9.59 Å². The van der Waals surface area contributed by atoms with Crippen LogP contribution in [0.1, 0.15) is 28.9 Å². The van der Waals surface area contributed by atoms with Gasteiger partial charge in [0.15, 0.2) is 0 Å². The molecule has 1 aliphatic rings. The minimum Gasteiger partial charge on any atom is -0.465 e. The van der Waals surface area contributed by atoms with Crippen molar-refractivity contribution in [3.8, 4) is 0 Å². The van der Waals surface area contributed by atoms with Crippen molar-refractivity contribution in [1.29, 1.82) is 0 Å². The first kappa shape index (κ1) is 12.1. The zero-order valence-electron chi connectivity index (χ0n) is 9.48. The van der Waals surface area contributed by atoms with Crippen molar-refractivity contribution in [3.05, 3.63) is 22.4 Å². The number of esters is 1. The van der Waals surface area contributed by atoms with Gasteiger partial charge in [0.05, 0.1) is 17.4 Å². The summed E-state index contributed by atoms with van der Waals surface area (Å²) in [6.45, 7) is 0.925. The van der Waals surface area contributed by atoms with Gasteiger partial charge in [0.2, 0.25) is 0 Å². The summed E-state index contributed by atoms with van der Waals surface area (Å²) >= 11 is 1.41. The molecule has 92 valence electrons. The summed E-state index contributed by atoms with van der Waals surface area (Å²) in [6.07, 6.45) is 2.59. The number of nitrogens with one attached hydrogen (secondary N) is 1. The molecular weight excluding hydrogens is 238 g/mol. The standard InChI is InChI=1S/C12H15NO3S/c14-11(10-3-1-8-17-10)13-6-2-7-16-12(15)9-4-5-9/h1,3,8-9H,2,4-7H2,(H,13,14). The largest absolute Gasteiger partial charge is 0.465 e. The smallest absolute Gasteiger partial charge is 0.308 e. The van der Waals surface area contributed by atoms with E-state index >= 15 is 0 Å². The molecule has 1 aromatic rings. The van der Waals surface area contributed by atoms with Crippen LogP contribution in [0.3, 0.4) is 0 Å². The van der Waals surface area contributed by atoms with Gasteiger partial charge in [0.25, 0.3) is 5.91 Å². The topological polar surface area (TPSA) is 55.4 Å². The molecule has 2 rings (SSSR count). The number of ether oxygens (including phenoxy) is 1. The van der Waals surface area contributed by atoms with E-state index in [-0.39, 0.29) is 17.8 Å². The molecule has 1 N–H and O–H groups in total. The lowest BCUT2D eigenvalue weighted by molar-refractivity contribution is -0.145. The number of carbonyl (C=O) groups is 2. The molecule has 1 amide bonds. The molecule has 0 aromatic carbocycles. The van der Waals surface area contributed by atoms with E-state index in [1.54, 1.807) is 6.07 Å². The van der Waals surface area contributed by atoms with Crippen molar-refractivity contribution < 1.29 is 14.3 Å². The molecule has 5 heteroatoms. The summed E-state index contributed by atoms with van der Waals surface area (Å²) < 4.78 is 5.05. The lowest BCUT2D eigenvalue weighted by Gasteiger charge is -2.05. The Bertz CT molecular complexity index is 384. The van der Waals surface area contributed by atoms with Crippen LogP contribution < -0.4 is 5.32 Å². The van der Waals surface area contributed by atoms with Gasteiger partial charge in [0, 0.05) is 6.54 Å². The maximum absolute atomic E-state index is 11.5. The molecule has 1 aliphatic carbocycles. The number of amides is 1. The van der Waals surface area contributed by atoms with E-state index in [1.807, 2.05) is 11.4 Å². The average Bonchev–Trinajstić information content (AvgIpc) is 3.03. The fourth-order valence-corrected chi connectivity index (χ4v) is 2.02. The normalized spacial score (nSPS) is 14.4. The Kier molecular flexibility index (Phi) is 4.14. The first-order valence-electron chi connectivity index (χ1n) is 5.75. The van der Waals surface area contributed by atoms with Crippen LogP contribution in [0.2, 0.25) is 0 Å². The third kappa shape index (κ3) is 3.85. The Labute approximate surface area is 104 Å². The van der Waals surface area contributed by atoms with Gasteiger partial charge in [0.1, 0.15) is 0 Å². The third-order valence-electron chi connectivity index (χ3n) is 2.51. The summed E-state index contributed by atoms with van der Waals surface area (Å²) in [4.78, 5) is 23.4. The van der Waals surface area contributed by atoms with Crippen molar-refractivity contribution in [3.63, 3.8) is 0 Å². The van der Waals surface area contributed by atoms with Gasteiger partial charge >= 0.3 is 5.97 Å². The molecule has 1 heterocycles. The quantitative estimate of drug-likeness (QED) is 0.621. The Morgan fingerprint density at radius 2 is 2.29 bits per heavy atom. The maximum atomic E-state index is 11.5. The number of hydrogen-bond donors (Lipinski definition) is 1. The fraction of sp³-hybridized carbons (Fsp3) is 0.500. The minimum atomic E-state index is -0.0883. The molecule has 0 atom stereocenters. The lowest BCUT2D eigenvalue weighted by atomic mass is 10.4. The van der Waals surface area contributed by atoms with Gasteiger partial charge in [-0.1, -0.05) is 6.07 Å². The summed E-state index contributed by atoms with van der Waals surface area (Å²) in [6, 6.07) is 3.63. The second kappa shape index (κ2) is 5.82. The highest BCUT2D eigenvalue weighted by Gasteiger charge is 2.30. The molecule has 17 heavy (non-hydrogen) atoms. The van der Waals surface area contributed by atoms with Crippen LogP contribution in [-0.4, -0.2) is 25.0 Å². The van der Waals surface area contributed by atoms with Gasteiger partial charge in [-0.15, -0.1) is 11.3 Å². The zero-order chi connectivity index (χ0) is 12.1. The average molecular weight is 253 g/mol. The fourth-order valence-electron chi connectivity index (χ4n) is 1.38. The van der Waals surface area contributed by atoms with Gasteiger partial charge < -0.3 is 10.1 Å². The van der Waals surface area contributed by atoms with Crippen LogP contribution >= 0.6 is 11.3 Å². The SMILES string of the molecule is O=C(NCCCOC(=O)C1CC1)c1cccs1. The van der Waals surface area contributed by atoms with E-state index in [0.717, 1.165) is 12.8 Å². The number of carbonyl (C=O) groups excluding carboxylic acids is 2.